The molecule has 0 unspecified atom stereocenters. The second kappa shape index (κ2) is 6.06. The molecule has 106 valence electrons. The Bertz CT molecular complexity index is 383. The molecule has 0 amide bonds. The number of hydrogen-bond acceptors (Lipinski definition) is 2. The topological polar surface area (TPSA) is 15.3 Å². The summed E-state index contributed by atoms with van der Waals surface area (Å²) in [6, 6.07) is 9.75. The molecule has 1 aliphatic heterocycles. The molecule has 1 aromatic rings. The summed E-state index contributed by atoms with van der Waals surface area (Å²) in [7, 11) is 0. The van der Waals surface area contributed by atoms with Crippen molar-refractivity contribution in [3.05, 3.63) is 35.4 Å². The average molecular weight is 260 g/mol. The van der Waals surface area contributed by atoms with Crippen LogP contribution in [0.3, 0.4) is 0 Å². The monoisotopic (exact) mass is 260 g/mol. The Morgan fingerprint density at radius 1 is 1.11 bits per heavy atom. The maximum absolute atomic E-state index is 3.45. The van der Waals surface area contributed by atoms with Crippen LogP contribution in [0.25, 0.3) is 0 Å². The summed E-state index contributed by atoms with van der Waals surface area (Å²) >= 11 is 0. The molecule has 1 aromatic carbocycles. The molecule has 1 heterocycles. The maximum atomic E-state index is 3.45. The van der Waals surface area contributed by atoms with Crippen molar-refractivity contribution in [3.63, 3.8) is 0 Å². The van der Waals surface area contributed by atoms with Crippen LogP contribution in [0.15, 0.2) is 24.3 Å². The molecule has 19 heavy (non-hydrogen) atoms. The van der Waals surface area contributed by atoms with Crippen LogP contribution in [0.4, 0.5) is 0 Å². The van der Waals surface area contributed by atoms with Crippen molar-refractivity contribution in [2.75, 3.05) is 26.2 Å². The van der Waals surface area contributed by atoms with Crippen LogP contribution in [0.2, 0.25) is 0 Å². The number of aryl methyl sites for hydroxylation is 1. The second-order valence-electron chi connectivity index (χ2n) is 6.65. The van der Waals surface area contributed by atoms with Crippen LogP contribution in [-0.2, 0) is 6.42 Å². The highest BCUT2D eigenvalue weighted by Gasteiger charge is 2.32. The molecule has 0 aromatic heterocycles. The van der Waals surface area contributed by atoms with Crippen molar-refractivity contribution in [3.8, 4) is 0 Å². The van der Waals surface area contributed by atoms with Crippen LogP contribution >= 0.6 is 0 Å². The van der Waals surface area contributed by atoms with Gasteiger partial charge in [-0.1, -0.05) is 52.0 Å². The van der Waals surface area contributed by atoms with Gasteiger partial charge in [-0.2, -0.15) is 0 Å². The largest absolute Gasteiger partial charge is 0.314 e. The third-order valence-corrected chi connectivity index (χ3v) is 4.04. The van der Waals surface area contributed by atoms with E-state index in [4.69, 9.17) is 0 Å². The number of nitrogens with one attached hydrogen (secondary N) is 1. The fraction of sp³-hybridized carbons (Fsp3) is 0.647. The molecule has 0 saturated carbocycles. The van der Waals surface area contributed by atoms with Gasteiger partial charge in [-0.25, -0.2) is 0 Å². The van der Waals surface area contributed by atoms with E-state index in [9.17, 15) is 0 Å². The molecular weight excluding hydrogens is 232 g/mol. The summed E-state index contributed by atoms with van der Waals surface area (Å²) in [5.41, 5.74) is 3.16. The lowest BCUT2D eigenvalue weighted by molar-refractivity contribution is 0.0862. The molecule has 0 spiro atoms. The highest BCUT2D eigenvalue weighted by molar-refractivity contribution is 5.26. The molecule has 0 bridgehead atoms. The van der Waals surface area contributed by atoms with Gasteiger partial charge in [-0.15, -0.1) is 0 Å². The van der Waals surface area contributed by atoms with Crippen LogP contribution < -0.4 is 5.32 Å². The van der Waals surface area contributed by atoms with Gasteiger partial charge >= 0.3 is 0 Å². The summed E-state index contributed by atoms with van der Waals surface area (Å²) < 4.78 is 0. The molecule has 2 nitrogen and oxygen atoms in total. The SMILES string of the molecule is CCc1ccc([C@H](N2CCNCC2)C(C)(C)C)cc1. The van der Waals surface area contributed by atoms with Gasteiger partial charge in [0.05, 0.1) is 0 Å². The Morgan fingerprint density at radius 2 is 1.68 bits per heavy atom. The summed E-state index contributed by atoms with van der Waals surface area (Å²) in [4.78, 5) is 2.64. The van der Waals surface area contributed by atoms with Gasteiger partial charge < -0.3 is 5.32 Å². The number of benzene rings is 1. The number of piperazine rings is 1. The Hall–Kier alpha value is -0.860. The Labute approximate surface area is 118 Å². The smallest absolute Gasteiger partial charge is 0.0397 e. The standard InChI is InChI=1S/C17H28N2/c1-5-14-6-8-15(9-7-14)16(17(2,3)4)19-12-10-18-11-13-19/h6-9,16,18H,5,10-13H2,1-4H3/t16-/m0/s1. The zero-order chi connectivity index (χ0) is 13.9. The molecule has 0 radical (unpaired) electrons. The van der Waals surface area contributed by atoms with E-state index in [0.717, 1.165) is 32.6 Å². The molecule has 0 aliphatic carbocycles. The fourth-order valence-corrected chi connectivity index (χ4v) is 3.13. The van der Waals surface area contributed by atoms with Crippen molar-refractivity contribution in [1.29, 1.82) is 0 Å². The van der Waals surface area contributed by atoms with E-state index < -0.39 is 0 Å². The number of nitrogens with zero attached hydrogens (tertiary/aromatic N) is 1. The van der Waals surface area contributed by atoms with Gasteiger partial charge in [0.2, 0.25) is 0 Å². The van der Waals surface area contributed by atoms with E-state index in [0.29, 0.717) is 6.04 Å². The van der Waals surface area contributed by atoms with E-state index in [1.807, 2.05) is 0 Å². The quantitative estimate of drug-likeness (QED) is 0.897. The van der Waals surface area contributed by atoms with Gasteiger partial charge in [0, 0.05) is 32.2 Å². The second-order valence-corrected chi connectivity index (χ2v) is 6.65. The lowest BCUT2D eigenvalue weighted by Crippen LogP contribution is -2.48. The molecule has 1 atom stereocenters. The first kappa shape index (κ1) is 14.5. The van der Waals surface area contributed by atoms with Gasteiger partial charge in [-0.3, -0.25) is 4.90 Å². The van der Waals surface area contributed by atoms with Crippen LogP contribution in [0.5, 0.6) is 0 Å². The third-order valence-electron chi connectivity index (χ3n) is 4.04. The van der Waals surface area contributed by atoms with E-state index >= 15 is 0 Å². The molecular formula is C17H28N2. The maximum Gasteiger partial charge on any atom is 0.0397 e. The predicted octanol–water partition coefficient (Wildman–Crippen LogP) is 3.24. The van der Waals surface area contributed by atoms with Crippen molar-refractivity contribution in [2.45, 2.75) is 40.2 Å². The third kappa shape index (κ3) is 3.58. The summed E-state index contributed by atoms with van der Waals surface area (Å²) in [6.45, 7) is 13.8. The molecule has 1 N–H and O–H groups in total. The predicted molar refractivity (Wildman–Crippen MR) is 82.5 cm³/mol. The first-order chi connectivity index (χ1) is 9.02. The fourth-order valence-electron chi connectivity index (χ4n) is 3.13. The molecule has 2 rings (SSSR count). The van der Waals surface area contributed by atoms with Gasteiger partial charge in [0.15, 0.2) is 0 Å². The molecule has 1 aliphatic rings. The first-order valence-electron chi connectivity index (χ1n) is 7.56. The highest BCUT2D eigenvalue weighted by Crippen LogP contribution is 2.38. The van der Waals surface area contributed by atoms with Crippen LogP contribution in [0.1, 0.15) is 44.9 Å². The van der Waals surface area contributed by atoms with Crippen molar-refractivity contribution >= 4 is 0 Å². The lowest BCUT2D eigenvalue weighted by atomic mass is 9.80. The number of hydrogen-bond donors (Lipinski definition) is 1. The Balaban J connectivity index is 2.25. The number of rotatable bonds is 3. The summed E-state index contributed by atoms with van der Waals surface area (Å²) in [6.07, 6.45) is 1.12. The Kier molecular flexibility index (Phi) is 4.64. The van der Waals surface area contributed by atoms with Crippen molar-refractivity contribution in [2.24, 2.45) is 5.41 Å². The minimum atomic E-state index is 0.269. The van der Waals surface area contributed by atoms with E-state index in [1.54, 1.807) is 0 Å². The highest BCUT2D eigenvalue weighted by atomic mass is 15.2. The average Bonchev–Trinajstić information content (AvgIpc) is 2.39. The zero-order valence-corrected chi connectivity index (χ0v) is 12.9. The van der Waals surface area contributed by atoms with Gasteiger partial charge in [0.1, 0.15) is 0 Å². The zero-order valence-electron chi connectivity index (χ0n) is 12.9. The van der Waals surface area contributed by atoms with E-state index in [-0.39, 0.29) is 5.41 Å². The summed E-state index contributed by atoms with van der Waals surface area (Å²) in [5, 5.41) is 3.45. The van der Waals surface area contributed by atoms with Crippen LogP contribution in [0, 0.1) is 5.41 Å². The minimum Gasteiger partial charge on any atom is -0.314 e. The molecule has 1 saturated heterocycles. The first-order valence-corrected chi connectivity index (χ1v) is 7.56. The summed E-state index contributed by atoms with van der Waals surface area (Å²) in [5.74, 6) is 0. The lowest BCUT2D eigenvalue weighted by Gasteiger charge is -2.42. The molecule has 2 heteroatoms. The van der Waals surface area contributed by atoms with E-state index in [2.05, 4.69) is 62.2 Å². The van der Waals surface area contributed by atoms with Gasteiger partial charge in [0.25, 0.3) is 0 Å². The van der Waals surface area contributed by atoms with Gasteiger partial charge in [-0.05, 0) is 23.0 Å². The minimum absolute atomic E-state index is 0.269. The van der Waals surface area contributed by atoms with Crippen molar-refractivity contribution < 1.29 is 0 Å². The Morgan fingerprint density at radius 3 is 2.16 bits per heavy atom. The molecule has 1 fully saturated rings. The van der Waals surface area contributed by atoms with Crippen LogP contribution in [-0.4, -0.2) is 31.1 Å². The normalized spacial score (nSPS) is 19.4. The van der Waals surface area contributed by atoms with E-state index in [1.165, 1.54) is 11.1 Å². The van der Waals surface area contributed by atoms with Crippen molar-refractivity contribution in [1.82, 2.24) is 10.2 Å².